The lowest BCUT2D eigenvalue weighted by molar-refractivity contribution is 0.0586. The predicted molar refractivity (Wildman–Crippen MR) is 101 cm³/mol. The van der Waals surface area contributed by atoms with Gasteiger partial charge in [-0.1, -0.05) is 0 Å². The molecule has 0 saturated heterocycles. The van der Waals surface area contributed by atoms with Crippen LogP contribution in [-0.2, 0) is 9.47 Å². The first-order chi connectivity index (χ1) is 12.9. The summed E-state index contributed by atoms with van der Waals surface area (Å²) < 4.78 is 11.2. The number of carbonyl (C=O) groups is 2. The summed E-state index contributed by atoms with van der Waals surface area (Å²) in [5.74, 6) is -1.12. The van der Waals surface area contributed by atoms with Gasteiger partial charge in [-0.3, -0.25) is 0 Å². The summed E-state index contributed by atoms with van der Waals surface area (Å²) in [7, 11) is 2.56. The highest BCUT2D eigenvalue weighted by molar-refractivity contribution is 5.97. The average molecular weight is 370 g/mol. The first-order valence-electron chi connectivity index (χ1n) is 8.40. The smallest absolute Gasteiger partial charge is 0.357 e. The number of hydrogen-bond donors (Lipinski definition) is 1. The van der Waals surface area contributed by atoms with Crippen molar-refractivity contribution >= 4 is 23.3 Å². The minimum atomic E-state index is -0.656. The van der Waals surface area contributed by atoms with Gasteiger partial charge in [0.15, 0.2) is 5.69 Å². The minimum Gasteiger partial charge on any atom is -0.465 e. The molecule has 0 atom stereocenters. The van der Waals surface area contributed by atoms with Gasteiger partial charge in [0.1, 0.15) is 6.07 Å². The molecule has 0 saturated carbocycles. The maximum atomic E-state index is 12.3. The number of aromatic nitrogens is 1. The summed E-state index contributed by atoms with van der Waals surface area (Å²) in [6, 6.07) is 6.95. The van der Waals surface area contributed by atoms with E-state index in [9.17, 15) is 14.9 Å². The van der Waals surface area contributed by atoms with Crippen molar-refractivity contribution in [1.29, 1.82) is 5.26 Å². The average Bonchev–Trinajstić information content (AvgIpc) is 3.03. The molecule has 0 spiro atoms. The molecule has 2 aromatic rings. The summed E-state index contributed by atoms with van der Waals surface area (Å²) >= 11 is 0. The summed E-state index contributed by atoms with van der Waals surface area (Å²) in [4.78, 5) is 26.3. The fourth-order valence-electron chi connectivity index (χ4n) is 2.89. The second kappa shape index (κ2) is 8.27. The first-order valence-corrected chi connectivity index (χ1v) is 8.40. The predicted octanol–water partition coefficient (Wildman–Crippen LogP) is 2.35. The molecule has 0 amide bonds. The van der Waals surface area contributed by atoms with E-state index in [4.69, 9.17) is 15.2 Å². The number of nitriles is 1. The Bertz CT molecular complexity index is 907. The maximum Gasteiger partial charge on any atom is 0.357 e. The number of methoxy groups -OCH3 is 2. The van der Waals surface area contributed by atoms with Gasteiger partial charge in [0.05, 0.1) is 42.4 Å². The highest BCUT2D eigenvalue weighted by Gasteiger charge is 2.24. The molecule has 2 N–H and O–H groups in total. The Morgan fingerprint density at radius 3 is 2.33 bits per heavy atom. The van der Waals surface area contributed by atoms with E-state index in [0.717, 1.165) is 0 Å². The number of esters is 2. The molecule has 27 heavy (non-hydrogen) atoms. The number of hydrogen-bond acceptors (Lipinski definition) is 7. The standard InChI is InChI=1S/C19H22N4O4/c1-5-22(6-2)15-9-12(18(24)26-3)7-8-14(15)23-11-13(10-20)16(21)17(23)19(25)27-4/h7-9,11H,5-6,21H2,1-4H3. The molecule has 1 aromatic carbocycles. The number of nitrogen functional groups attached to an aromatic ring is 1. The molecule has 0 aliphatic carbocycles. The molecule has 1 heterocycles. The third-order valence-corrected chi connectivity index (χ3v) is 4.30. The van der Waals surface area contributed by atoms with Crippen molar-refractivity contribution in [3.05, 3.63) is 41.2 Å². The van der Waals surface area contributed by atoms with Crippen LogP contribution < -0.4 is 10.6 Å². The lowest BCUT2D eigenvalue weighted by atomic mass is 10.1. The summed E-state index contributed by atoms with van der Waals surface area (Å²) in [6.07, 6.45) is 1.49. The van der Waals surface area contributed by atoms with E-state index in [1.165, 1.54) is 25.0 Å². The number of rotatable bonds is 6. The molecule has 0 aliphatic heterocycles. The highest BCUT2D eigenvalue weighted by atomic mass is 16.5. The van der Waals surface area contributed by atoms with Gasteiger partial charge >= 0.3 is 11.9 Å². The SMILES string of the molecule is CCN(CC)c1cc(C(=O)OC)ccc1-n1cc(C#N)c(N)c1C(=O)OC. The number of carbonyl (C=O) groups excluding carboxylic acids is 2. The Morgan fingerprint density at radius 2 is 1.81 bits per heavy atom. The fourth-order valence-corrected chi connectivity index (χ4v) is 2.89. The Kier molecular flexibility index (Phi) is 6.08. The molecule has 0 unspecified atom stereocenters. The molecule has 0 aliphatic rings. The topological polar surface area (TPSA) is 111 Å². The Morgan fingerprint density at radius 1 is 1.19 bits per heavy atom. The van der Waals surface area contributed by atoms with Gasteiger partial charge in [-0.05, 0) is 32.0 Å². The second-order valence-electron chi connectivity index (χ2n) is 5.65. The normalized spacial score (nSPS) is 10.2. The van der Waals surface area contributed by atoms with Crippen LogP contribution >= 0.6 is 0 Å². The van der Waals surface area contributed by atoms with Crippen molar-refractivity contribution in [2.75, 3.05) is 37.9 Å². The Balaban J connectivity index is 2.80. The zero-order chi connectivity index (χ0) is 20.1. The fraction of sp³-hybridized carbons (Fsp3) is 0.316. The van der Waals surface area contributed by atoms with E-state index in [2.05, 4.69) is 0 Å². The van der Waals surface area contributed by atoms with Gasteiger partial charge in [0.25, 0.3) is 0 Å². The monoisotopic (exact) mass is 370 g/mol. The minimum absolute atomic E-state index is 0.0480. The van der Waals surface area contributed by atoms with E-state index in [-0.39, 0.29) is 16.9 Å². The van der Waals surface area contributed by atoms with Gasteiger partial charge in [-0.15, -0.1) is 0 Å². The number of ether oxygens (including phenoxy) is 2. The van der Waals surface area contributed by atoms with Crippen molar-refractivity contribution < 1.29 is 19.1 Å². The van der Waals surface area contributed by atoms with Crippen molar-refractivity contribution in [2.45, 2.75) is 13.8 Å². The van der Waals surface area contributed by atoms with Crippen LogP contribution in [0.15, 0.2) is 24.4 Å². The zero-order valence-electron chi connectivity index (χ0n) is 15.8. The van der Waals surface area contributed by atoms with E-state index < -0.39 is 11.9 Å². The number of nitrogens with zero attached hydrogens (tertiary/aromatic N) is 3. The molecule has 142 valence electrons. The van der Waals surface area contributed by atoms with E-state index in [1.807, 2.05) is 24.8 Å². The Labute approximate surface area is 157 Å². The quantitative estimate of drug-likeness (QED) is 0.777. The second-order valence-corrected chi connectivity index (χ2v) is 5.65. The van der Waals surface area contributed by atoms with Crippen molar-refractivity contribution in [2.24, 2.45) is 0 Å². The molecule has 2 rings (SSSR count). The summed E-state index contributed by atoms with van der Waals surface area (Å²) in [6.45, 7) is 5.29. The summed E-state index contributed by atoms with van der Waals surface area (Å²) in [5.41, 5.74) is 7.94. The third-order valence-electron chi connectivity index (χ3n) is 4.30. The van der Waals surface area contributed by atoms with Gasteiger partial charge in [0.2, 0.25) is 0 Å². The maximum absolute atomic E-state index is 12.3. The van der Waals surface area contributed by atoms with Crippen molar-refractivity contribution in [3.63, 3.8) is 0 Å². The van der Waals surface area contributed by atoms with Crippen LogP contribution in [0.1, 0.15) is 40.3 Å². The van der Waals surface area contributed by atoms with Crippen molar-refractivity contribution in [1.82, 2.24) is 4.57 Å². The van der Waals surface area contributed by atoms with Gasteiger partial charge in [-0.2, -0.15) is 5.26 Å². The third kappa shape index (κ3) is 3.58. The highest BCUT2D eigenvalue weighted by Crippen LogP contribution is 2.31. The first kappa shape index (κ1) is 19.8. The van der Waals surface area contributed by atoms with Gasteiger partial charge < -0.3 is 24.7 Å². The van der Waals surface area contributed by atoms with Crippen LogP contribution in [0, 0.1) is 11.3 Å². The van der Waals surface area contributed by atoms with Crippen LogP contribution in [0.4, 0.5) is 11.4 Å². The van der Waals surface area contributed by atoms with E-state index >= 15 is 0 Å². The molecule has 8 nitrogen and oxygen atoms in total. The molecule has 0 bridgehead atoms. The lowest BCUT2D eigenvalue weighted by Crippen LogP contribution is -2.24. The number of nitrogens with two attached hydrogens (primary N) is 1. The summed E-state index contributed by atoms with van der Waals surface area (Å²) in [5, 5.41) is 9.31. The van der Waals surface area contributed by atoms with Crippen LogP contribution in [0.2, 0.25) is 0 Å². The molecular weight excluding hydrogens is 348 g/mol. The van der Waals surface area contributed by atoms with E-state index in [1.54, 1.807) is 18.2 Å². The molecular formula is C19H22N4O4. The van der Waals surface area contributed by atoms with Crippen LogP contribution in [0.5, 0.6) is 0 Å². The number of benzene rings is 1. The molecule has 0 radical (unpaired) electrons. The van der Waals surface area contributed by atoms with Crippen LogP contribution in [0.3, 0.4) is 0 Å². The van der Waals surface area contributed by atoms with Crippen LogP contribution in [0.25, 0.3) is 5.69 Å². The van der Waals surface area contributed by atoms with E-state index in [0.29, 0.717) is 30.0 Å². The van der Waals surface area contributed by atoms with Gasteiger partial charge in [-0.25, -0.2) is 9.59 Å². The molecule has 1 aromatic heterocycles. The molecule has 0 fully saturated rings. The van der Waals surface area contributed by atoms with Gasteiger partial charge in [0, 0.05) is 19.3 Å². The van der Waals surface area contributed by atoms with Crippen molar-refractivity contribution in [3.8, 4) is 11.8 Å². The van der Waals surface area contributed by atoms with Crippen LogP contribution in [-0.4, -0.2) is 43.8 Å². The Hall–Kier alpha value is -3.47. The zero-order valence-corrected chi connectivity index (χ0v) is 15.8. The largest absolute Gasteiger partial charge is 0.465 e. The molecule has 8 heteroatoms. The number of anilines is 2. The lowest BCUT2D eigenvalue weighted by Gasteiger charge is -2.25.